The zero-order valence-corrected chi connectivity index (χ0v) is 10.7. The summed E-state index contributed by atoms with van der Waals surface area (Å²) in [5.41, 5.74) is 6.10. The minimum atomic E-state index is 0.926. The van der Waals surface area contributed by atoms with Crippen molar-refractivity contribution in [2.45, 2.75) is 11.4 Å². The summed E-state index contributed by atoms with van der Waals surface area (Å²) in [4.78, 5) is 4.67. The Bertz CT molecular complexity index is 761. The molecule has 0 saturated carbocycles. The number of aromatic nitrogens is 3. The van der Waals surface area contributed by atoms with Gasteiger partial charge in [0.25, 0.3) is 0 Å². The zero-order valence-electron chi connectivity index (χ0n) is 9.92. The van der Waals surface area contributed by atoms with Gasteiger partial charge in [0.05, 0.1) is 11.9 Å². The van der Waals surface area contributed by atoms with Gasteiger partial charge in [-0.1, -0.05) is 24.3 Å². The van der Waals surface area contributed by atoms with E-state index in [-0.39, 0.29) is 0 Å². The second-order valence-electron chi connectivity index (χ2n) is 4.38. The Morgan fingerprint density at radius 2 is 2.11 bits per heavy atom. The molecule has 18 heavy (non-hydrogen) atoms. The van der Waals surface area contributed by atoms with Crippen LogP contribution in [0.2, 0.25) is 0 Å². The van der Waals surface area contributed by atoms with Gasteiger partial charge in [-0.25, -0.2) is 9.50 Å². The molecule has 0 radical (unpaired) electrons. The maximum atomic E-state index is 4.67. The Morgan fingerprint density at radius 3 is 3.00 bits per heavy atom. The monoisotopic (exact) mass is 253 g/mol. The van der Waals surface area contributed by atoms with Crippen LogP contribution in [0, 0.1) is 0 Å². The van der Waals surface area contributed by atoms with E-state index >= 15 is 0 Å². The Morgan fingerprint density at radius 1 is 1.22 bits per heavy atom. The smallest absolute Gasteiger partial charge is 0.156 e. The normalized spacial score (nSPS) is 12.7. The van der Waals surface area contributed by atoms with Gasteiger partial charge in [0.1, 0.15) is 5.03 Å². The van der Waals surface area contributed by atoms with Gasteiger partial charge in [0.2, 0.25) is 0 Å². The fraction of sp³-hybridized carbons (Fsp3) is 0.143. The summed E-state index contributed by atoms with van der Waals surface area (Å²) in [7, 11) is 0. The Balaban J connectivity index is 2.16. The predicted octanol–water partition coefficient (Wildman–Crippen LogP) is 3.02. The van der Waals surface area contributed by atoms with Gasteiger partial charge in [-0.3, -0.25) is 0 Å². The fourth-order valence-corrected chi connectivity index (χ4v) is 3.25. The standard InChI is InChI=1S/C14H11N3S/c1-18-14-11-8-9-4-2-3-5-10(9)13(11)17-12(16-14)6-7-15-17/h2-7H,8H2,1H3. The molecule has 2 aromatic heterocycles. The molecule has 0 bridgehead atoms. The summed E-state index contributed by atoms with van der Waals surface area (Å²) in [5, 5.41) is 5.53. The lowest BCUT2D eigenvalue weighted by Gasteiger charge is -2.07. The molecule has 2 heterocycles. The highest BCUT2D eigenvalue weighted by atomic mass is 32.2. The topological polar surface area (TPSA) is 30.2 Å². The average molecular weight is 253 g/mol. The quantitative estimate of drug-likeness (QED) is 0.386. The number of benzene rings is 1. The average Bonchev–Trinajstić information content (AvgIpc) is 3.00. The number of thioether (sulfide) groups is 1. The van der Waals surface area contributed by atoms with Crippen molar-refractivity contribution < 1.29 is 0 Å². The van der Waals surface area contributed by atoms with Crippen molar-refractivity contribution >= 4 is 17.4 Å². The molecule has 3 nitrogen and oxygen atoms in total. The van der Waals surface area contributed by atoms with Gasteiger partial charge < -0.3 is 0 Å². The van der Waals surface area contributed by atoms with E-state index in [1.54, 1.807) is 11.8 Å². The number of rotatable bonds is 1. The molecule has 1 aromatic carbocycles. The molecule has 4 rings (SSSR count). The number of hydrogen-bond donors (Lipinski definition) is 0. The van der Waals surface area contributed by atoms with E-state index in [2.05, 4.69) is 40.6 Å². The van der Waals surface area contributed by atoms with Crippen molar-refractivity contribution in [1.29, 1.82) is 0 Å². The molecule has 4 heteroatoms. The number of hydrogen-bond acceptors (Lipinski definition) is 3. The summed E-state index contributed by atoms with van der Waals surface area (Å²) >= 11 is 1.71. The van der Waals surface area contributed by atoms with E-state index in [0.717, 1.165) is 17.1 Å². The molecule has 0 saturated heterocycles. The van der Waals surface area contributed by atoms with Crippen LogP contribution in [-0.2, 0) is 6.42 Å². The van der Waals surface area contributed by atoms with Gasteiger partial charge in [-0.2, -0.15) is 5.10 Å². The van der Waals surface area contributed by atoms with E-state index in [0.29, 0.717) is 0 Å². The molecule has 0 aliphatic heterocycles. The summed E-state index contributed by atoms with van der Waals surface area (Å²) in [6, 6.07) is 10.5. The van der Waals surface area contributed by atoms with Crippen LogP contribution >= 0.6 is 11.8 Å². The lowest BCUT2D eigenvalue weighted by atomic mass is 10.1. The van der Waals surface area contributed by atoms with Crippen LogP contribution in [0.5, 0.6) is 0 Å². The molecule has 0 atom stereocenters. The van der Waals surface area contributed by atoms with Crippen LogP contribution in [-0.4, -0.2) is 20.9 Å². The van der Waals surface area contributed by atoms with Crippen molar-refractivity contribution in [3.8, 4) is 11.3 Å². The van der Waals surface area contributed by atoms with Gasteiger partial charge in [0, 0.05) is 23.6 Å². The van der Waals surface area contributed by atoms with Gasteiger partial charge >= 0.3 is 0 Å². The molecular formula is C14H11N3S. The van der Waals surface area contributed by atoms with Gasteiger partial charge in [0.15, 0.2) is 5.65 Å². The Kier molecular flexibility index (Phi) is 2.02. The maximum Gasteiger partial charge on any atom is 0.156 e. The van der Waals surface area contributed by atoms with E-state index in [9.17, 15) is 0 Å². The fourth-order valence-electron chi connectivity index (χ4n) is 2.65. The minimum Gasteiger partial charge on any atom is -0.222 e. The molecule has 0 unspecified atom stereocenters. The first-order valence-corrected chi connectivity index (χ1v) is 7.10. The lowest BCUT2D eigenvalue weighted by Crippen LogP contribution is -1.99. The molecule has 0 spiro atoms. The van der Waals surface area contributed by atoms with Crippen LogP contribution in [0.25, 0.3) is 16.9 Å². The molecule has 1 aliphatic rings. The van der Waals surface area contributed by atoms with Gasteiger partial charge in [-0.05, 0) is 11.8 Å². The summed E-state index contributed by atoms with van der Waals surface area (Å²) in [6.07, 6.45) is 4.86. The third-order valence-electron chi connectivity index (χ3n) is 3.43. The molecule has 0 fully saturated rings. The van der Waals surface area contributed by atoms with Crippen LogP contribution < -0.4 is 0 Å². The third kappa shape index (κ3) is 1.21. The minimum absolute atomic E-state index is 0.926. The van der Waals surface area contributed by atoms with E-state index < -0.39 is 0 Å². The summed E-state index contributed by atoms with van der Waals surface area (Å²) in [6.45, 7) is 0. The molecule has 0 amide bonds. The van der Waals surface area contributed by atoms with Crippen LogP contribution in [0.3, 0.4) is 0 Å². The number of fused-ring (bicyclic) bond motifs is 5. The molecule has 3 aromatic rings. The highest BCUT2D eigenvalue weighted by Crippen LogP contribution is 2.39. The Labute approximate surface area is 109 Å². The number of nitrogens with zero attached hydrogens (tertiary/aromatic N) is 3. The lowest BCUT2D eigenvalue weighted by molar-refractivity contribution is 0.907. The maximum absolute atomic E-state index is 4.67. The summed E-state index contributed by atoms with van der Waals surface area (Å²) < 4.78 is 1.96. The third-order valence-corrected chi connectivity index (χ3v) is 4.15. The zero-order chi connectivity index (χ0) is 12.1. The van der Waals surface area contributed by atoms with E-state index in [4.69, 9.17) is 0 Å². The van der Waals surface area contributed by atoms with Crippen molar-refractivity contribution in [1.82, 2.24) is 14.6 Å². The molecule has 0 N–H and O–H groups in total. The van der Waals surface area contributed by atoms with E-state index in [1.165, 1.54) is 22.4 Å². The van der Waals surface area contributed by atoms with E-state index in [1.807, 2.05) is 16.8 Å². The first kappa shape index (κ1) is 10.1. The van der Waals surface area contributed by atoms with Crippen molar-refractivity contribution in [2.75, 3.05) is 6.26 Å². The second-order valence-corrected chi connectivity index (χ2v) is 5.18. The highest BCUT2D eigenvalue weighted by Gasteiger charge is 2.25. The second kappa shape index (κ2) is 3.59. The van der Waals surface area contributed by atoms with Crippen LogP contribution in [0.1, 0.15) is 11.1 Å². The summed E-state index contributed by atoms with van der Waals surface area (Å²) in [5.74, 6) is 0. The van der Waals surface area contributed by atoms with Gasteiger partial charge in [-0.15, -0.1) is 11.8 Å². The SMILES string of the molecule is CSc1nc2ccnn2c2c1Cc1ccccc1-2. The molecular weight excluding hydrogens is 242 g/mol. The first-order valence-electron chi connectivity index (χ1n) is 5.87. The molecule has 1 aliphatic carbocycles. The largest absolute Gasteiger partial charge is 0.222 e. The predicted molar refractivity (Wildman–Crippen MR) is 73.0 cm³/mol. The first-order chi connectivity index (χ1) is 8.88. The van der Waals surface area contributed by atoms with Crippen molar-refractivity contribution in [2.24, 2.45) is 0 Å². The van der Waals surface area contributed by atoms with Crippen molar-refractivity contribution in [3.63, 3.8) is 0 Å². The van der Waals surface area contributed by atoms with Crippen LogP contribution in [0.15, 0.2) is 41.6 Å². The molecule has 88 valence electrons. The Hall–Kier alpha value is -1.81. The van der Waals surface area contributed by atoms with Crippen molar-refractivity contribution in [3.05, 3.63) is 47.7 Å². The highest BCUT2D eigenvalue weighted by molar-refractivity contribution is 7.98. The van der Waals surface area contributed by atoms with Crippen LogP contribution in [0.4, 0.5) is 0 Å².